The van der Waals surface area contributed by atoms with Gasteiger partial charge in [0.1, 0.15) is 5.82 Å². The van der Waals surface area contributed by atoms with E-state index in [1.165, 1.54) is 6.07 Å². The van der Waals surface area contributed by atoms with E-state index in [0.29, 0.717) is 6.54 Å². The second kappa shape index (κ2) is 3.68. The molecule has 0 fully saturated rings. The Morgan fingerprint density at radius 2 is 2.08 bits per heavy atom. The van der Waals surface area contributed by atoms with Gasteiger partial charge >= 0.3 is 0 Å². The van der Waals surface area contributed by atoms with Crippen LogP contribution in [0, 0.1) is 12.7 Å². The fraction of sp³-hybridized carbons (Fsp3) is 0.400. The topological polar surface area (TPSA) is 26.0 Å². The fourth-order valence-electron chi connectivity index (χ4n) is 1.19. The Morgan fingerprint density at radius 3 is 2.58 bits per heavy atom. The molecule has 0 spiro atoms. The molecule has 0 aromatic heterocycles. The molecule has 0 aliphatic rings. The molecule has 0 bridgehead atoms. The summed E-state index contributed by atoms with van der Waals surface area (Å²) in [6.07, 6.45) is 0. The lowest BCUT2D eigenvalue weighted by Crippen LogP contribution is -2.09. The van der Waals surface area contributed by atoms with Crippen molar-refractivity contribution in [2.45, 2.75) is 19.8 Å². The molecule has 12 heavy (non-hydrogen) atoms. The highest BCUT2D eigenvalue weighted by Gasteiger charge is 2.04. The summed E-state index contributed by atoms with van der Waals surface area (Å²) in [5, 5.41) is 0. The Labute approximate surface area is 72.4 Å². The molecule has 0 heterocycles. The van der Waals surface area contributed by atoms with Gasteiger partial charge in [-0.1, -0.05) is 13.0 Å². The van der Waals surface area contributed by atoms with Crippen molar-refractivity contribution in [3.05, 3.63) is 35.1 Å². The molecule has 0 aliphatic carbocycles. The molecular formula is C10H14FN. The van der Waals surface area contributed by atoms with E-state index in [9.17, 15) is 4.39 Å². The summed E-state index contributed by atoms with van der Waals surface area (Å²) in [7, 11) is 0. The van der Waals surface area contributed by atoms with Crippen molar-refractivity contribution in [1.82, 2.24) is 0 Å². The third-order valence-corrected chi connectivity index (χ3v) is 1.99. The average molecular weight is 167 g/mol. The van der Waals surface area contributed by atoms with Gasteiger partial charge in [-0.25, -0.2) is 4.39 Å². The lowest BCUT2D eigenvalue weighted by atomic mass is 9.99. The van der Waals surface area contributed by atoms with Gasteiger partial charge in [-0.2, -0.15) is 0 Å². The molecule has 1 aromatic rings. The van der Waals surface area contributed by atoms with Crippen LogP contribution in [-0.2, 0) is 0 Å². The zero-order valence-corrected chi connectivity index (χ0v) is 7.47. The van der Waals surface area contributed by atoms with Crippen LogP contribution in [0.1, 0.15) is 24.0 Å². The largest absolute Gasteiger partial charge is 0.330 e. The highest BCUT2D eigenvalue weighted by molar-refractivity contribution is 5.26. The monoisotopic (exact) mass is 167 g/mol. The quantitative estimate of drug-likeness (QED) is 0.718. The normalized spacial score (nSPS) is 13.0. The lowest BCUT2D eigenvalue weighted by molar-refractivity contribution is 0.620. The van der Waals surface area contributed by atoms with Crippen LogP contribution in [0.15, 0.2) is 18.2 Å². The van der Waals surface area contributed by atoms with Crippen molar-refractivity contribution in [2.75, 3.05) is 6.54 Å². The predicted molar refractivity (Wildman–Crippen MR) is 48.6 cm³/mol. The maximum absolute atomic E-state index is 12.9. The van der Waals surface area contributed by atoms with Gasteiger partial charge in [-0.15, -0.1) is 0 Å². The molecule has 1 unspecified atom stereocenters. The molecule has 0 amide bonds. The Kier molecular flexibility index (Phi) is 2.82. The molecule has 0 aliphatic heterocycles. The molecule has 2 heteroatoms. The zero-order valence-electron chi connectivity index (χ0n) is 7.47. The molecule has 1 rings (SSSR count). The standard InChI is InChI=1S/C10H14FN/c1-7-3-9(8(2)6-12)5-10(11)4-7/h3-5,8H,6,12H2,1-2H3. The molecule has 1 nitrogen and oxygen atoms in total. The maximum Gasteiger partial charge on any atom is 0.123 e. The third-order valence-electron chi connectivity index (χ3n) is 1.99. The van der Waals surface area contributed by atoms with Gasteiger partial charge in [0, 0.05) is 0 Å². The molecule has 66 valence electrons. The maximum atomic E-state index is 12.9. The first-order valence-electron chi connectivity index (χ1n) is 4.10. The molecular weight excluding hydrogens is 153 g/mol. The number of nitrogens with two attached hydrogens (primary N) is 1. The highest BCUT2D eigenvalue weighted by atomic mass is 19.1. The van der Waals surface area contributed by atoms with Gasteiger partial charge in [0.05, 0.1) is 0 Å². The van der Waals surface area contributed by atoms with Gasteiger partial charge in [0.25, 0.3) is 0 Å². The van der Waals surface area contributed by atoms with Gasteiger partial charge in [-0.3, -0.25) is 0 Å². The molecule has 2 N–H and O–H groups in total. The van der Waals surface area contributed by atoms with Crippen molar-refractivity contribution in [1.29, 1.82) is 0 Å². The van der Waals surface area contributed by atoms with Gasteiger partial charge in [0.15, 0.2) is 0 Å². The Balaban J connectivity index is 3.00. The Morgan fingerprint density at radius 1 is 1.42 bits per heavy atom. The highest BCUT2D eigenvalue weighted by Crippen LogP contribution is 2.16. The second-order valence-electron chi connectivity index (χ2n) is 3.20. The molecule has 1 atom stereocenters. The van der Waals surface area contributed by atoms with Crippen LogP contribution >= 0.6 is 0 Å². The first-order valence-corrected chi connectivity index (χ1v) is 4.10. The smallest absolute Gasteiger partial charge is 0.123 e. The molecule has 1 aromatic carbocycles. The summed E-state index contributed by atoms with van der Waals surface area (Å²) in [4.78, 5) is 0. The molecule has 0 saturated carbocycles. The van der Waals surface area contributed by atoms with Crippen LogP contribution in [0.4, 0.5) is 4.39 Å². The summed E-state index contributed by atoms with van der Waals surface area (Å²) >= 11 is 0. The minimum absolute atomic E-state index is 0.176. The van der Waals surface area contributed by atoms with Gasteiger partial charge in [-0.05, 0) is 42.6 Å². The number of rotatable bonds is 2. The van der Waals surface area contributed by atoms with Crippen molar-refractivity contribution in [3.8, 4) is 0 Å². The van der Waals surface area contributed by atoms with E-state index in [1.54, 1.807) is 6.07 Å². The first-order chi connectivity index (χ1) is 5.63. The van der Waals surface area contributed by atoms with Crippen molar-refractivity contribution in [3.63, 3.8) is 0 Å². The summed E-state index contributed by atoms with van der Waals surface area (Å²) in [6.45, 7) is 4.44. The van der Waals surface area contributed by atoms with Crippen LogP contribution in [0.5, 0.6) is 0 Å². The van der Waals surface area contributed by atoms with Crippen LogP contribution in [0.2, 0.25) is 0 Å². The second-order valence-corrected chi connectivity index (χ2v) is 3.20. The van der Waals surface area contributed by atoms with E-state index in [1.807, 2.05) is 19.9 Å². The summed E-state index contributed by atoms with van der Waals surface area (Å²) < 4.78 is 12.9. The Bertz CT molecular complexity index is 250. The number of hydrogen-bond acceptors (Lipinski definition) is 1. The van der Waals surface area contributed by atoms with E-state index < -0.39 is 0 Å². The minimum Gasteiger partial charge on any atom is -0.330 e. The van der Waals surface area contributed by atoms with Crippen molar-refractivity contribution < 1.29 is 4.39 Å². The van der Waals surface area contributed by atoms with Crippen LogP contribution in [-0.4, -0.2) is 6.54 Å². The van der Waals surface area contributed by atoms with E-state index in [0.717, 1.165) is 11.1 Å². The van der Waals surface area contributed by atoms with Crippen LogP contribution < -0.4 is 5.73 Å². The SMILES string of the molecule is Cc1cc(F)cc(C(C)CN)c1. The molecule has 0 saturated heterocycles. The summed E-state index contributed by atoms with van der Waals surface area (Å²) in [5.41, 5.74) is 7.41. The van der Waals surface area contributed by atoms with E-state index in [2.05, 4.69) is 0 Å². The van der Waals surface area contributed by atoms with Crippen molar-refractivity contribution >= 4 is 0 Å². The van der Waals surface area contributed by atoms with Gasteiger partial charge < -0.3 is 5.73 Å². The first kappa shape index (κ1) is 9.20. The van der Waals surface area contributed by atoms with E-state index >= 15 is 0 Å². The summed E-state index contributed by atoms with van der Waals surface area (Å²) in [6, 6.07) is 5.04. The number of halogens is 1. The zero-order chi connectivity index (χ0) is 9.14. The Hall–Kier alpha value is -0.890. The number of hydrogen-bond donors (Lipinski definition) is 1. The van der Waals surface area contributed by atoms with Crippen molar-refractivity contribution in [2.24, 2.45) is 5.73 Å². The number of aryl methyl sites for hydroxylation is 1. The third kappa shape index (κ3) is 2.05. The van der Waals surface area contributed by atoms with Crippen LogP contribution in [0.25, 0.3) is 0 Å². The number of benzene rings is 1. The van der Waals surface area contributed by atoms with Gasteiger partial charge in [0.2, 0.25) is 0 Å². The fourth-order valence-corrected chi connectivity index (χ4v) is 1.19. The van der Waals surface area contributed by atoms with E-state index in [-0.39, 0.29) is 11.7 Å². The average Bonchev–Trinajstić information content (AvgIpc) is 2.01. The lowest BCUT2D eigenvalue weighted by Gasteiger charge is -2.09. The molecule has 0 radical (unpaired) electrons. The van der Waals surface area contributed by atoms with E-state index in [4.69, 9.17) is 5.73 Å². The summed E-state index contributed by atoms with van der Waals surface area (Å²) in [5.74, 6) is 0.0599. The minimum atomic E-state index is -0.176. The van der Waals surface area contributed by atoms with Crippen LogP contribution in [0.3, 0.4) is 0 Å². The predicted octanol–water partition coefficient (Wildman–Crippen LogP) is 2.20.